The lowest BCUT2D eigenvalue weighted by molar-refractivity contribution is -0.122. The summed E-state index contributed by atoms with van der Waals surface area (Å²) < 4.78 is 8.37. The van der Waals surface area contributed by atoms with E-state index in [9.17, 15) is 9.59 Å². The van der Waals surface area contributed by atoms with E-state index in [2.05, 4.69) is 5.32 Å². The van der Waals surface area contributed by atoms with Crippen LogP contribution >= 0.6 is 22.9 Å². The number of hydrogen-bond donors (Lipinski definition) is 1. The van der Waals surface area contributed by atoms with Crippen molar-refractivity contribution in [1.82, 2.24) is 4.57 Å². The Kier molecular flexibility index (Phi) is 5.87. The summed E-state index contributed by atoms with van der Waals surface area (Å²) in [5.74, 6) is 0.305. The SMILES string of the molecule is CC[C@H](Oc1cccc(Cl)c1)C(=O)Nc1ccc2c(c1)sc(=O)n2C(C)C. The van der Waals surface area contributed by atoms with Crippen LogP contribution in [-0.2, 0) is 4.79 Å². The Bertz CT molecular complexity index is 1030. The zero-order valence-corrected chi connectivity index (χ0v) is 16.9. The van der Waals surface area contributed by atoms with Crippen molar-refractivity contribution in [3.05, 3.63) is 57.2 Å². The summed E-state index contributed by atoms with van der Waals surface area (Å²) in [4.78, 5) is 24.8. The highest BCUT2D eigenvalue weighted by atomic mass is 35.5. The number of nitrogens with one attached hydrogen (secondary N) is 1. The van der Waals surface area contributed by atoms with E-state index in [0.29, 0.717) is 22.9 Å². The highest BCUT2D eigenvalue weighted by molar-refractivity contribution is 7.16. The highest BCUT2D eigenvalue weighted by Gasteiger charge is 2.19. The van der Waals surface area contributed by atoms with E-state index in [4.69, 9.17) is 16.3 Å². The molecule has 0 saturated heterocycles. The van der Waals surface area contributed by atoms with Gasteiger partial charge in [-0.25, -0.2) is 0 Å². The first-order chi connectivity index (χ1) is 12.9. The van der Waals surface area contributed by atoms with E-state index >= 15 is 0 Å². The summed E-state index contributed by atoms with van der Waals surface area (Å²) in [5.41, 5.74) is 1.51. The molecule has 1 N–H and O–H groups in total. The van der Waals surface area contributed by atoms with Gasteiger partial charge in [0.15, 0.2) is 6.10 Å². The van der Waals surface area contributed by atoms with Crippen molar-refractivity contribution >= 4 is 44.7 Å². The second-order valence-corrected chi connectivity index (χ2v) is 7.91. The smallest absolute Gasteiger partial charge is 0.308 e. The Hall–Kier alpha value is -2.31. The molecule has 2 aromatic carbocycles. The first-order valence-electron chi connectivity index (χ1n) is 8.77. The molecular weight excluding hydrogens is 384 g/mol. The molecule has 5 nitrogen and oxygen atoms in total. The number of thiazole rings is 1. The molecule has 3 rings (SSSR count). The van der Waals surface area contributed by atoms with Crippen LogP contribution in [0.25, 0.3) is 10.2 Å². The number of nitrogens with zero attached hydrogens (tertiary/aromatic N) is 1. The Balaban J connectivity index is 1.78. The third-order valence-electron chi connectivity index (χ3n) is 4.13. The van der Waals surface area contributed by atoms with Gasteiger partial charge in [-0.1, -0.05) is 35.9 Å². The number of rotatable bonds is 6. The third-order valence-corrected chi connectivity index (χ3v) is 5.29. The minimum absolute atomic E-state index is 0.000740. The van der Waals surface area contributed by atoms with Crippen molar-refractivity contribution in [3.63, 3.8) is 0 Å². The first kappa shape index (κ1) is 19.5. The normalized spacial score (nSPS) is 12.3. The molecule has 3 aromatic rings. The molecule has 1 aromatic heterocycles. The predicted molar refractivity (Wildman–Crippen MR) is 111 cm³/mol. The lowest BCUT2D eigenvalue weighted by Gasteiger charge is -2.17. The van der Waals surface area contributed by atoms with E-state index in [1.54, 1.807) is 34.9 Å². The molecular formula is C20H21ClN2O3S. The maximum Gasteiger partial charge on any atom is 0.308 e. The molecule has 0 saturated carbocycles. The summed E-state index contributed by atoms with van der Waals surface area (Å²) >= 11 is 7.14. The van der Waals surface area contributed by atoms with Crippen LogP contribution in [0.15, 0.2) is 47.3 Å². The quantitative estimate of drug-likeness (QED) is 0.622. The van der Waals surface area contributed by atoms with Crippen LogP contribution in [0, 0.1) is 0 Å². The third kappa shape index (κ3) is 4.34. The van der Waals surface area contributed by atoms with Gasteiger partial charge in [0.05, 0.1) is 10.2 Å². The molecule has 1 amide bonds. The highest BCUT2D eigenvalue weighted by Crippen LogP contribution is 2.25. The van der Waals surface area contributed by atoms with Crippen LogP contribution < -0.4 is 14.9 Å². The molecule has 0 spiro atoms. The lowest BCUT2D eigenvalue weighted by atomic mass is 10.2. The summed E-state index contributed by atoms with van der Waals surface area (Å²) in [7, 11) is 0. The number of amides is 1. The van der Waals surface area contributed by atoms with Crippen LogP contribution in [0.4, 0.5) is 5.69 Å². The average Bonchev–Trinajstić information content (AvgIpc) is 2.94. The van der Waals surface area contributed by atoms with Gasteiger partial charge in [0.2, 0.25) is 0 Å². The van der Waals surface area contributed by atoms with Crippen LogP contribution in [0.1, 0.15) is 33.2 Å². The average molecular weight is 405 g/mol. The van der Waals surface area contributed by atoms with Gasteiger partial charge in [-0.05, 0) is 56.7 Å². The van der Waals surface area contributed by atoms with Crippen molar-refractivity contribution in [2.24, 2.45) is 0 Å². The summed E-state index contributed by atoms with van der Waals surface area (Å²) in [5, 5.41) is 3.43. The van der Waals surface area contributed by atoms with E-state index < -0.39 is 6.10 Å². The zero-order chi connectivity index (χ0) is 19.6. The van der Waals surface area contributed by atoms with E-state index in [1.165, 1.54) is 11.3 Å². The molecule has 0 aliphatic heterocycles. The Labute approximate surface area is 166 Å². The van der Waals surface area contributed by atoms with Crippen LogP contribution in [0.3, 0.4) is 0 Å². The van der Waals surface area contributed by atoms with Crippen molar-refractivity contribution < 1.29 is 9.53 Å². The predicted octanol–water partition coefficient (Wildman–Crippen LogP) is 5.09. The Morgan fingerprint density at radius 3 is 2.70 bits per heavy atom. The molecule has 0 bridgehead atoms. The number of fused-ring (bicyclic) bond motifs is 1. The number of anilines is 1. The molecule has 142 valence electrons. The monoisotopic (exact) mass is 404 g/mol. The van der Waals surface area contributed by atoms with Crippen LogP contribution in [-0.4, -0.2) is 16.6 Å². The second kappa shape index (κ2) is 8.15. The minimum Gasteiger partial charge on any atom is -0.481 e. The fourth-order valence-electron chi connectivity index (χ4n) is 2.85. The number of hydrogen-bond acceptors (Lipinski definition) is 4. The summed E-state index contributed by atoms with van der Waals surface area (Å²) in [6, 6.07) is 12.5. The van der Waals surface area contributed by atoms with Crippen molar-refractivity contribution in [1.29, 1.82) is 0 Å². The van der Waals surface area contributed by atoms with Crippen molar-refractivity contribution in [2.45, 2.75) is 39.3 Å². The van der Waals surface area contributed by atoms with Gasteiger partial charge in [-0.15, -0.1) is 0 Å². The molecule has 7 heteroatoms. The molecule has 1 heterocycles. The van der Waals surface area contributed by atoms with E-state index in [-0.39, 0.29) is 16.8 Å². The molecule has 27 heavy (non-hydrogen) atoms. The molecule has 0 unspecified atom stereocenters. The maximum absolute atomic E-state index is 12.6. The molecule has 0 aliphatic carbocycles. The fourth-order valence-corrected chi connectivity index (χ4v) is 4.09. The first-order valence-corrected chi connectivity index (χ1v) is 9.96. The van der Waals surface area contributed by atoms with Crippen LogP contribution in [0.5, 0.6) is 5.75 Å². The number of carbonyl (C=O) groups excluding carboxylic acids is 1. The standard InChI is InChI=1S/C20H21ClN2O3S/c1-4-17(26-15-7-5-6-13(21)10-15)19(24)22-14-8-9-16-18(11-14)27-20(25)23(16)12(2)3/h5-12,17H,4H2,1-3H3,(H,22,24)/t17-/m0/s1. The minimum atomic E-state index is -0.641. The Morgan fingerprint density at radius 2 is 2.04 bits per heavy atom. The topological polar surface area (TPSA) is 60.3 Å². The zero-order valence-electron chi connectivity index (χ0n) is 15.4. The molecule has 1 atom stereocenters. The maximum atomic E-state index is 12.6. The second-order valence-electron chi connectivity index (χ2n) is 6.48. The number of aromatic nitrogens is 1. The summed E-state index contributed by atoms with van der Waals surface area (Å²) in [6.45, 7) is 5.83. The van der Waals surface area contributed by atoms with E-state index in [0.717, 1.165) is 10.2 Å². The van der Waals surface area contributed by atoms with E-state index in [1.807, 2.05) is 32.9 Å². The fraction of sp³-hybridized carbons (Fsp3) is 0.300. The number of halogens is 1. The van der Waals surface area contributed by atoms with Crippen molar-refractivity contribution in [2.75, 3.05) is 5.32 Å². The lowest BCUT2D eigenvalue weighted by Crippen LogP contribution is -2.32. The van der Waals surface area contributed by atoms with Crippen molar-refractivity contribution in [3.8, 4) is 5.75 Å². The molecule has 0 aliphatic rings. The van der Waals surface area contributed by atoms with Gasteiger partial charge < -0.3 is 10.1 Å². The van der Waals surface area contributed by atoms with Gasteiger partial charge in [-0.3, -0.25) is 14.2 Å². The van der Waals surface area contributed by atoms with Crippen LogP contribution in [0.2, 0.25) is 5.02 Å². The van der Waals surface area contributed by atoms with Gasteiger partial charge in [-0.2, -0.15) is 0 Å². The molecule has 0 radical (unpaired) electrons. The summed E-state index contributed by atoms with van der Waals surface area (Å²) in [6.07, 6.45) is -0.129. The van der Waals surface area contributed by atoms with Gasteiger partial charge in [0.25, 0.3) is 5.91 Å². The van der Waals surface area contributed by atoms with Gasteiger partial charge in [0, 0.05) is 16.8 Å². The van der Waals surface area contributed by atoms with Gasteiger partial charge >= 0.3 is 4.87 Å². The van der Waals surface area contributed by atoms with Gasteiger partial charge in [0.1, 0.15) is 5.75 Å². The largest absolute Gasteiger partial charge is 0.481 e. The Morgan fingerprint density at radius 1 is 1.26 bits per heavy atom. The number of ether oxygens (including phenoxy) is 1. The number of benzene rings is 2. The number of carbonyl (C=O) groups is 1. The molecule has 0 fully saturated rings.